The molecule has 0 aliphatic carbocycles. The number of hydrogen-bond acceptors (Lipinski definition) is 7. The van der Waals surface area contributed by atoms with Gasteiger partial charge in [-0.05, 0) is 74.7 Å². The fourth-order valence-electron chi connectivity index (χ4n) is 5.94. The van der Waals surface area contributed by atoms with Gasteiger partial charge >= 0.3 is 6.18 Å². The normalized spacial score (nSPS) is 19.6. The topological polar surface area (TPSA) is 85.4 Å². The van der Waals surface area contributed by atoms with E-state index in [1.54, 1.807) is 32.2 Å². The molecule has 2 aromatic heterocycles. The van der Waals surface area contributed by atoms with Crippen LogP contribution < -0.4 is 9.47 Å². The third-order valence-corrected chi connectivity index (χ3v) is 8.65. The summed E-state index contributed by atoms with van der Waals surface area (Å²) in [5, 5.41) is 6.01. The number of hydrogen-bond donors (Lipinski definition) is 1. The molecule has 1 N–H and O–H groups in total. The van der Waals surface area contributed by atoms with E-state index >= 15 is 0 Å². The average molecular weight is 646 g/mol. The Balaban J connectivity index is 1.16. The molecule has 2 aliphatic rings. The summed E-state index contributed by atoms with van der Waals surface area (Å²) in [7, 11) is 1.61. The summed E-state index contributed by atoms with van der Waals surface area (Å²) in [6.07, 6.45) is -1.00. The number of rotatable bonds is 8. The first-order chi connectivity index (χ1) is 21.4. The van der Waals surface area contributed by atoms with Crippen LogP contribution in [0.2, 0.25) is 5.02 Å². The predicted molar refractivity (Wildman–Crippen MR) is 159 cm³/mol. The molecule has 1 fully saturated rings. The highest BCUT2D eigenvalue weighted by Gasteiger charge is 2.43. The molecule has 1 saturated heterocycles. The first-order valence-electron chi connectivity index (χ1n) is 14.6. The van der Waals surface area contributed by atoms with Gasteiger partial charge in [0.1, 0.15) is 5.82 Å². The highest BCUT2D eigenvalue weighted by molar-refractivity contribution is 6.30. The van der Waals surface area contributed by atoms with Gasteiger partial charge in [0.15, 0.2) is 17.3 Å². The first kappa shape index (κ1) is 31.3. The second-order valence-electron chi connectivity index (χ2n) is 11.6. The maximum atomic E-state index is 14.8. The summed E-state index contributed by atoms with van der Waals surface area (Å²) in [5.74, 6) is -1.64. The van der Waals surface area contributed by atoms with Crippen LogP contribution in [-0.4, -0.2) is 51.4 Å². The summed E-state index contributed by atoms with van der Waals surface area (Å²) >= 11 is 5.96. The van der Waals surface area contributed by atoms with Gasteiger partial charge in [-0.3, -0.25) is 15.0 Å². The lowest BCUT2D eigenvalue weighted by Crippen LogP contribution is -2.34. The Kier molecular flexibility index (Phi) is 8.49. The molecule has 2 aromatic carbocycles. The molecule has 0 amide bonds. The number of alkyl halides is 3. The molecule has 2 atom stereocenters. The van der Waals surface area contributed by atoms with Crippen molar-refractivity contribution in [2.24, 2.45) is 0 Å². The predicted octanol–water partition coefficient (Wildman–Crippen LogP) is 7.28. The molecule has 4 heterocycles. The lowest BCUT2D eigenvalue weighted by molar-refractivity contribution is -0.144. The monoisotopic (exact) mass is 645 g/mol. The highest BCUT2D eigenvalue weighted by Crippen LogP contribution is 2.50. The zero-order valence-electron chi connectivity index (χ0n) is 24.9. The Bertz CT molecular complexity index is 1690. The Hall–Kier alpha value is -3.74. The minimum atomic E-state index is -4.62. The number of H-pyrrole nitrogens is 1. The van der Waals surface area contributed by atoms with Crippen molar-refractivity contribution >= 4 is 11.6 Å². The van der Waals surface area contributed by atoms with E-state index in [0.29, 0.717) is 35.1 Å². The number of nitrogens with zero attached hydrogens (tertiary/aromatic N) is 4. The number of para-hydroxylation sites is 1. The molecular formula is C32H32ClF4N5O3. The fourth-order valence-corrected chi connectivity index (χ4v) is 6.10. The Morgan fingerprint density at radius 1 is 1.16 bits per heavy atom. The number of pyridine rings is 1. The van der Waals surface area contributed by atoms with Crippen molar-refractivity contribution in [3.8, 4) is 22.9 Å². The quantitative estimate of drug-likeness (QED) is 0.202. The molecule has 2 aliphatic heterocycles. The number of methoxy groups -OCH3 is 1. The van der Waals surface area contributed by atoms with Crippen molar-refractivity contribution < 1.29 is 31.8 Å². The van der Waals surface area contributed by atoms with Gasteiger partial charge in [0, 0.05) is 49.3 Å². The summed E-state index contributed by atoms with van der Waals surface area (Å²) in [6, 6.07) is 12.0. The summed E-state index contributed by atoms with van der Waals surface area (Å²) in [6.45, 7) is 5.77. The molecule has 0 radical (unpaired) electrons. The molecule has 0 bridgehead atoms. The van der Waals surface area contributed by atoms with Gasteiger partial charge in [0.05, 0.1) is 17.4 Å². The van der Waals surface area contributed by atoms with E-state index in [9.17, 15) is 17.6 Å². The Labute approximate surface area is 262 Å². The molecule has 8 nitrogen and oxygen atoms in total. The van der Waals surface area contributed by atoms with Crippen LogP contribution in [0, 0.1) is 5.82 Å². The minimum Gasteiger partial charge on any atom is -0.444 e. The maximum Gasteiger partial charge on any atom is 0.451 e. The number of aromatic amines is 1. The smallest absolute Gasteiger partial charge is 0.444 e. The van der Waals surface area contributed by atoms with Crippen molar-refractivity contribution in [2.75, 3.05) is 20.2 Å². The van der Waals surface area contributed by atoms with Crippen LogP contribution in [0.15, 0.2) is 48.7 Å². The van der Waals surface area contributed by atoms with Gasteiger partial charge in [0.2, 0.25) is 5.82 Å². The Morgan fingerprint density at radius 2 is 1.93 bits per heavy atom. The number of halogens is 5. The summed E-state index contributed by atoms with van der Waals surface area (Å²) in [4.78, 5) is 10.6. The summed E-state index contributed by atoms with van der Waals surface area (Å²) < 4.78 is 72.0. The second-order valence-corrected chi connectivity index (χ2v) is 12.0. The number of fused-ring (bicyclic) bond motifs is 1. The lowest BCUT2D eigenvalue weighted by atomic mass is 9.88. The standard InChI is InChI=1S/C32H32ClF4N5O3/c1-18(43-3)13-20-14-21(29-39-30(41-40-29)32(35,36)37)16-38-26(20)17-42-11-9-19(10-12-42)23-5-4-6-27-28(23)45-31(2,44-27)24-8-7-22(33)15-25(24)34/h4-8,14-16,18-19H,9-13,17H2,1-3H3,(H,39,40,41)/t18-,31+/m0/s1. The van der Waals surface area contributed by atoms with Gasteiger partial charge in [0.25, 0.3) is 5.79 Å². The molecule has 238 valence electrons. The lowest BCUT2D eigenvalue weighted by Gasteiger charge is -2.33. The van der Waals surface area contributed by atoms with Crippen LogP contribution in [0.25, 0.3) is 11.4 Å². The molecule has 0 spiro atoms. The van der Waals surface area contributed by atoms with Crippen LogP contribution in [0.3, 0.4) is 0 Å². The van der Waals surface area contributed by atoms with Gasteiger partial charge in [-0.2, -0.15) is 18.3 Å². The molecule has 13 heteroatoms. The van der Waals surface area contributed by atoms with Gasteiger partial charge in [-0.1, -0.05) is 23.7 Å². The fraction of sp³-hybridized carbons (Fsp3) is 0.406. The van der Waals surface area contributed by atoms with Gasteiger partial charge in [-0.25, -0.2) is 9.37 Å². The number of benzene rings is 2. The number of piperidine rings is 1. The molecular weight excluding hydrogens is 614 g/mol. The number of ether oxygens (including phenoxy) is 3. The van der Waals surface area contributed by atoms with Gasteiger partial charge in [-0.15, -0.1) is 0 Å². The number of aromatic nitrogens is 4. The SMILES string of the molecule is CO[C@@H](C)Cc1cc(-c2n[nH]c(C(F)(F)F)n2)cnc1CN1CCC(c2cccc3c2O[C@](C)(c2ccc(Cl)cc2F)O3)CC1. The zero-order chi connectivity index (χ0) is 31.9. The third kappa shape index (κ3) is 6.49. The van der Waals surface area contributed by atoms with Crippen LogP contribution in [0.4, 0.5) is 17.6 Å². The second kappa shape index (κ2) is 12.2. The minimum absolute atomic E-state index is 0.0648. The van der Waals surface area contributed by atoms with E-state index in [0.717, 1.165) is 42.8 Å². The largest absolute Gasteiger partial charge is 0.451 e. The van der Waals surface area contributed by atoms with Crippen molar-refractivity contribution in [3.05, 3.63) is 87.7 Å². The van der Waals surface area contributed by atoms with E-state index < -0.39 is 23.6 Å². The highest BCUT2D eigenvalue weighted by atomic mass is 35.5. The molecule has 6 rings (SSSR count). The maximum absolute atomic E-state index is 14.8. The van der Waals surface area contributed by atoms with Crippen molar-refractivity contribution in [1.29, 1.82) is 0 Å². The Morgan fingerprint density at radius 3 is 2.62 bits per heavy atom. The molecule has 4 aromatic rings. The number of likely N-dealkylation sites (tertiary alicyclic amines) is 1. The van der Waals surface area contributed by atoms with Crippen molar-refractivity contribution in [2.45, 2.75) is 63.6 Å². The van der Waals surface area contributed by atoms with Crippen LogP contribution in [0.5, 0.6) is 11.5 Å². The van der Waals surface area contributed by atoms with Crippen molar-refractivity contribution in [3.63, 3.8) is 0 Å². The van der Waals surface area contributed by atoms with E-state index in [4.69, 9.17) is 25.8 Å². The van der Waals surface area contributed by atoms with E-state index in [1.165, 1.54) is 12.3 Å². The first-order valence-corrected chi connectivity index (χ1v) is 15.0. The van der Waals surface area contributed by atoms with E-state index in [-0.39, 0.29) is 23.4 Å². The molecule has 0 saturated carbocycles. The number of nitrogens with one attached hydrogen (secondary N) is 1. The van der Waals surface area contributed by atoms with Gasteiger partial charge < -0.3 is 14.2 Å². The molecule has 0 unspecified atom stereocenters. The third-order valence-electron chi connectivity index (χ3n) is 8.41. The average Bonchev–Trinajstić information content (AvgIpc) is 3.64. The zero-order valence-corrected chi connectivity index (χ0v) is 25.7. The van der Waals surface area contributed by atoms with Crippen LogP contribution in [-0.2, 0) is 29.7 Å². The van der Waals surface area contributed by atoms with Crippen LogP contribution in [0.1, 0.15) is 60.8 Å². The van der Waals surface area contributed by atoms with E-state index in [1.807, 2.05) is 30.2 Å². The van der Waals surface area contributed by atoms with Crippen LogP contribution >= 0.6 is 11.6 Å². The summed E-state index contributed by atoms with van der Waals surface area (Å²) in [5.41, 5.74) is 3.37. The van der Waals surface area contributed by atoms with E-state index in [2.05, 4.69) is 20.0 Å². The molecule has 45 heavy (non-hydrogen) atoms. The van der Waals surface area contributed by atoms with Crippen molar-refractivity contribution in [1.82, 2.24) is 25.1 Å².